The van der Waals surface area contributed by atoms with Crippen molar-refractivity contribution in [3.05, 3.63) is 18.2 Å². The number of methoxy groups -OCH3 is 1. The Morgan fingerprint density at radius 1 is 1.41 bits per heavy atom. The van der Waals surface area contributed by atoms with Gasteiger partial charge in [-0.2, -0.15) is 0 Å². The maximum absolute atomic E-state index is 12.2. The molecule has 0 fully saturated rings. The maximum atomic E-state index is 12.2. The lowest BCUT2D eigenvalue weighted by Gasteiger charge is -2.29. The lowest BCUT2D eigenvalue weighted by atomic mass is 10.2. The SMILES string of the molecule is COc1ccc(N)cc1NC(=O)C[N+](C)(C)CCCNC=O. The molecule has 0 atom stereocenters. The molecule has 0 heterocycles. The Kier molecular flexibility index (Phi) is 6.65. The summed E-state index contributed by atoms with van der Waals surface area (Å²) in [6.45, 7) is 1.71. The first kappa shape index (κ1) is 17.8. The molecule has 0 aliphatic rings. The third-order valence-corrected chi connectivity index (χ3v) is 3.24. The number of carbonyl (C=O) groups is 2. The van der Waals surface area contributed by atoms with E-state index >= 15 is 0 Å². The van der Waals surface area contributed by atoms with Crippen molar-refractivity contribution in [1.82, 2.24) is 5.32 Å². The molecule has 1 aromatic rings. The van der Waals surface area contributed by atoms with Crippen LogP contribution in [0, 0.1) is 0 Å². The highest BCUT2D eigenvalue weighted by Crippen LogP contribution is 2.26. The molecule has 0 bridgehead atoms. The van der Waals surface area contributed by atoms with Gasteiger partial charge in [0.1, 0.15) is 5.75 Å². The molecule has 1 rings (SSSR count). The van der Waals surface area contributed by atoms with Crippen LogP contribution in [0.4, 0.5) is 11.4 Å². The summed E-state index contributed by atoms with van der Waals surface area (Å²) in [5, 5.41) is 5.44. The van der Waals surface area contributed by atoms with Gasteiger partial charge in [0, 0.05) is 18.7 Å². The predicted octanol–water partition coefficient (Wildman–Crippen LogP) is 0.428. The number of quaternary nitrogens is 1. The smallest absolute Gasteiger partial charge is 0.279 e. The Hall–Kier alpha value is -2.28. The summed E-state index contributed by atoms with van der Waals surface area (Å²) in [7, 11) is 5.48. The minimum Gasteiger partial charge on any atom is -0.495 e. The fraction of sp³-hybridized carbons (Fsp3) is 0.467. The highest BCUT2D eigenvalue weighted by atomic mass is 16.5. The molecule has 0 radical (unpaired) electrons. The Morgan fingerprint density at radius 3 is 2.77 bits per heavy atom. The molecule has 22 heavy (non-hydrogen) atoms. The van der Waals surface area contributed by atoms with E-state index in [-0.39, 0.29) is 5.91 Å². The van der Waals surface area contributed by atoms with Crippen LogP contribution in [0.15, 0.2) is 18.2 Å². The third-order valence-electron chi connectivity index (χ3n) is 3.24. The van der Waals surface area contributed by atoms with Crippen molar-refractivity contribution in [2.75, 3.05) is 51.9 Å². The molecule has 0 saturated heterocycles. The number of amides is 2. The number of nitrogens with one attached hydrogen (secondary N) is 2. The Balaban J connectivity index is 2.58. The average Bonchev–Trinajstić information content (AvgIpc) is 2.43. The molecule has 1 aromatic carbocycles. The van der Waals surface area contributed by atoms with E-state index in [9.17, 15) is 9.59 Å². The average molecular weight is 309 g/mol. The highest BCUT2D eigenvalue weighted by Gasteiger charge is 2.20. The van der Waals surface area contributed by atoms with Gasteiger partial charge in [0.2, 0.25) is 6.41 Å². The normalized spacial score (nSPS) is 10.9. The number of nitrogens with two attached hydrogens (primary N) is 1. The van der Waals surface area contributed by atoms with Crippen LogP contribution in [0.5, 0.6) is 5.75 Å². The largest absolute Gasteiger partial charge is 0.495 e. The fourth-order valence-electron chi connectivity index (χ4n) is 2.15. The number of carbonyl (C=O) groups excluding carboxylic acids is 2. The van der Waals surface area contributed by atoms with Gasteiger partial charge < -0.3 is 25.6 Å². The van der Waals surface area contributed by atoms with Gasteiger partial charge in [-0.25, -0.2) is 0 Å². The topological polar surface area (TPSA) is 93.4 Å². The summed E-state index contributed by atoms with van der Waals surface area (Å²) in [5.41, 5.74) is 6.86. The van der Waals surface area contributed by atoms with Crippen LogP contribution >= 0.6 is 0 Å². The van der Waals surface area contributed by atoms with Crippen LogP contribution in [0.3, 0.4) is 0 Å². The quantitative estimate of drug-likeness (QED) is 0.267. The molecule has 0 aliphatic carbocycles. The molecule has 0 aliphatic heterocycles. The van der Waals surface area contributed by atoms with Gasteiger partial charge >= 0.3 is 0 Å². The summed E-state index contributed by atoms with van der Waals surface area (Å²) in [6, 6.07) is 5.11. The van der Waals surface area contributed by atoms with Crippen molar-refractivity contribution in [3.8, 4) is 5.75 Å². The maximum Gasteiger partial charge on any atom is 0.279 e. The molecular weight excluding hydrogens is 284 g/mol. The molecule has 2 amide bonds. The number of rotatable bonds is 9. The second kappa shape index (κ2) is 8.23. The molecule has 0 saturated carbocycles. The van der Waals surface area contributed by atoms with Crippen LogP contribution in [-0.4, -0.2) is 57.6 Å². The molecule has 0 unspecified atom stereocenters. The number of anilines is 2. The van der Waals surface area contributed by atoms with Crippen LogP contribution in [-0.2, 0) is 9.59 Å². The predicted molar refractivity (Wildman–Crippen MR) is 86.6 cm³/mol. The van der Waals surface area contributed by atoms with E-state index in [0.29, 0.717) is 41.1 Å². The van der Waals surface area contributed by atoms with Crippen molar-refractivity contribution in [2.45, 2.75) is 6.42 Å². The van der Waals surface area contributed by atoms with Gasteiger partial charge in [-0.3, -0.25) is 9.59 Å². The van der Waals surface area contributed by atoms with Crippen LogP contribution in [0.2, 0.25) is 0 Å². The number of benzene rings is 1. The molecule has 0 aromatic heterocycles. The first-order valence-corrected chi connectivity index (χ1v) is 7.10. The zero-order valence-electron chi connectivity index (χ0n) is 13.4. The van der Waals surface area contributed by atoms with E-state index in [4.69, 9.17) is 10.5 Å². The lowest BCUT2D eigenvalue weighted by molar-refractivity contribution is -0.882. The molecule has 7 nitrogen and oxygen atoms in total. The van der Waals surface area contributed by atoms with Crippen LogP contribution in [0.25, 0.3) is 0 Å². The Labute approximate surface area is 131 Å². The van der Waals surface area contributed by atoms with Gasteiger partial charge in [-0.05, 0) is 18.2 Å². The summed E-state index contributed by atoms with van der Waals surface area (Å²) < 4.78 is 5.73. The Bertz CT molecular complexity index is 518. The monoisotopic (exact) mass is 309 g/mol. The van der Waals surface area contributed by atoms with Crippen LogP contribution in [0.1, 0.15) is 6.42 Å². The summed E-state index contributed by atoms with van der Waals surface area (Å²) in [4.78, 5) is 22.4. The van der Waals surface area contributed by atoms with Crippen molar-refractivity contribution in [2.24, 2.45) is 0 Å². The third kappa shape index (κ3) is 6.01. The summed E-state index contributed by atoms with van der Waals surface area (Å²) in [5.74, 6) is 0.459. The van der Waals surface area contributed by atoms with Gasteiger partial charge in [-0.15, -0.1) is 0 Å². The Morgan fingerprint density at radius 2 is 2.14 bits per heavy atom. The van der Waals surface area contributed by atoms with Crippen molar-refractivity contribution in [3.63, 3.8) is 0 Å². The standard InChI is InChI=1S/C15H24N4O3/c1-19(2,8-4-7-17-11-20)10-15(21)18-13-9-12(16)5-6-14(13)22-3/h5-6,9,11H,4,7-8,10,16H2,1-3H3,(H-,17,18,20,21)/p+1. The number of nitrogen functional groups attached to an aromatic ring is 1. The van der Waals surface area contributed by atoms with E-state index in [1.165, 1.54) is 0 Å². The molecule has 4 N–H and O–H groups in total. The van der Waals surface area contributed by atoms with Crippen molar-refractivity contribution >= 4 is 23.7 Å². The van der Waals surface area contributed by atoms with E-state index < -0.39 is 0 Å². The van der Waals surface area contributed by atoms with Gasteiger partial charge in [0.25, 0.3) is 5.91 Å². The first-order chi connectivity index (χ1) is 10.4. The summed E-state index contributed by atoms with van der Waals surface area (Å²) in [6.07, 6.45) is 1.49. The second-order valence-electron chi connectivity index (χ2n) is 5.75. The number of nitrogens with zero attached hydrogens (tertiary/aromatic N) is 1. The van der Waals surface area contributed by atoms with Crippen molar-refractivity contribution in [1.29, 1.82) is 0 Å². The highest BCUT2D eigenvalue weighted by molar-refractivity contribution is 5.93. The zero-order valence-corrected chi connectivity index (χ0v) is 13.4. The zero-order chi connectivity index (χ0) is 16.6. The van der Waals surface area contributed by atoms with Crippen molar-refractivity contribution < 1.29 is 18.8 Å². The number of ether oxygens (including phenoxy) is 1. The second-order valence-corrected chi connectivity index (χ2v) is 5.75. The van der Waals surface area contributed by atoms with Gasteiger partial charge in [-0.1, -0.05) is 0 Å². The molecule has 0 spiro atoms. The number of hydrogen-bond donors (Lipinski definition) is 3. The van der Waals surface area contributed by atoms with E-state index in [1.54, 1.807) is 25.3 Å². The van der Waals surface area contributed by atoms with E-state index in [0.717, 1.165) is 13.0 Å². The van der Waals surface area contributed by atoms with E-state index in [1.807, 2.05) is 14.1 Å². The molecule has 7 heteroatoms. The lowest BCUT2D eigenvalue weighted by Crippen LogP contribution is -2.46. The molecule has 122 valence electrons. The number of likely N-dealkylation sites (N-methyl/N-ethyl adjacent to an activating group) is 1. The summed E-state index contributed by atoms with van der Waals surface area (Å²) >= 11 is 0. The van der Waals surface area contributed by atoms with Gasteiger partial charge in [0.05, 0.1) is 33.4 Å². The molecular formula is C15H25N4O3+. The number of hydrogen-bond acceptors (Lipinski definition) is 4. The van der Waals surface area contributed by atoms with E-state index in [2.05, 4.69) is 10.6 Å². The van der Waals surface area contributed by atoms with Crippen LogP contribution < -0.4 is 21.1 Å². The minimum atomic E-state index is -0.114. The first-order valence-electron chi connectivity index (χ1n) is 7.10. The minimum absolute atomic E-state index is 0.114. The van der Waals surface area contributed by atoms with Gasteiger partial charge in [0.15, 0.2) is 6.54 Å². The fourth-order valence-corrected chi connectivity index (χ4v) is 2.15.